The molecule has 1 aliphatic carbocycles. The van der Waals surface area contributed by atoms with Gasteiger partial charge in [0.2, 0.25) is 0 Å². The molecule has 0 spiro atoms. The van der Waals surface area contributed by atoms with Gasteiger partial charge >= 0.3 is 0 Å². The lowest BCUT2D eigenvalue weighted by Crippen LogP contribution is -2.15. The van der Waals surface area contributed by atoms with E-state index in [9.17, 15) is 0 Å². The van der Waals surface area contributed by atoms with Crippen molar-refractivity contribution in [2.45, 2.75) is 26.2 Å². The summed E-state index contributed by atoms with van der Waals surface area (Å²) >= 11 is 0. The fourth-order valence-electron chi connectivity index (χ4n) is 1.98. The highest BCUT2D eigenvalue weighted by molar-refractivity contribution is 5.51. The molecule has 2 rings (SSSR count). The van der Waals surface area contributed by atoms with Gasteiger partial charge in [0, 0.05) is 19.3 Å². The van der Waals surface area contributed by atoms with Crippen molar-refractivity contribution in [1.82, 2.24) is 0 Å². The SMILES string of the molecule is CCN(C)c1ccc2c(c1)CCC2. The van der Waals surface area contributed by atoms with Gasteiger partial charge in [-0.2, -0.15) is 0 Å². The first kappa shape index (κ1) is 8.61. The van der Waals surface area contributed by atoms with Crippen molar-refractivity contribution in [2.24, 2.45) is 0 Å². The van der Waals surface area contributed by atoms with Crippen LogP contribution in [0.25, 0.3) is 0 Å². The van der Waals surface area contributed by atoms with E-state index in [-0.39, 0.29) is 0 Å². The molecule has 0 amide bonds. The molecule has 1 heteroatoms. The van der Waals surface area contributed by atoms with Gasteiger partial charge in [-0.1, -0.05) is 6.07 Å². The first-order valence-corrected chi connectivity index (χ1v) is 5.14. The average Bonchev–Trinajstić information content (AvgIpc) is 2.63. The van der Waals surface area contributed by atoms with Gasteiger partial charge in [0.1, 0.15) is 0 Å². The van der Waals surface area contributed by atoms with E-state index < -0.39 is 0 Å². The topological polar surface area (TPSA) is 3.24 Å². The standard InChI is InChI=1S/C12H17N/c1-3-13(2)12-8-7-10-5-4-6-11(10)9-12/h7-9H,3-6H2,1-2H3. The summed E-state index contributed by atoms with van der Waals surface area (Å²) in [7, 11) is 2.15. The highest BCUT2D eigenvalue weighted by atomic mass is 15.1. The molecular formula is C12H17N. The molecule has 0 aliphatic heterocycles. The van der Waals surface area contributed by atoms with Crippen LogP contribution in [0.2, 0.25) is 0 Å². The number of fused-ring (bicyclic) bond motifs is 1. The molecule has 0 saturated heterocycles. The van der Waals surface area contributed by atoms with Crippen LogP contribution in [0, 0.1) is 0 Å². The first-order chi connectivity index (χ1) is 6.31. The molecule has 0 saturated carbocycles. The van der Waals surface area contributed by atoms with Crippen LogP contribution < -0.4 is 4.90 Å². The van der Waals surface area contributed by atoms with Gasteiger partial charge in [-0.15, -0.1) is 0 Å². The summed E-state index contributed by atoms with van der Waals surface area (Å²) in [6.45, 7) is 3.27. The van der Waals surface area contributed by atoms with E-state index in [2.05, 4.69) is 37.1 Å². The zero-order valence-electron chi connectivity index (χ0n) is 8.51. The minimum atomic E-state index is 1.08. The molecule has 0 unspecified atom stereocenters. The lowest BCUT2D eigenvalue weighted by molar-refractivity contribution is 0.911. The summed E-state index contributed by atoms with van der Waals surface area (Å²) < 4.78 is 0. The Hall–Kier alpha value is -0.980. The number of hydrogen-bond donors (Lipinski definition) is 0. The van der Waals surface area contributed by atoms with Crippen LogP contribution in [0.15, 0.2) is 18.2 Å². The fourth-order valence-corrected chi connectivity index (χ4v) is 1.98. The zero-order valence-corrected chi connectivity index (χ0v) is 8.51. The summed E-state index contributed by atoms with van der Waals surface area (Å²) in [6.07, 6.45) is 3.90. The Kier molecular flexibility index (Phi) is 2.26. The summed E-state index contributed by atoms with van der Waals surface area (Å²) in [5.41, 5.74) is 4.49. The van der Waals surface area contributed by atoms with Crippen LogP contribution in [-0.2, 0) is 12.8 Å². The molecule has 1 aromatic carbocycles. The van der Waals surface area contributed by atoms with E-state index in [0.717, 1.165) is 6.54 Å². The second-order valence-corrected chi connectivity index (χ2v) is 3.82. The third-order valence-corrected chi connectivity index (χ3v) is 3.00. The number of nitrogens with zero attached hydrogens (tertiary/aromatic N) is 1. The van der Waals surface area contributed by atoms with E-state index >= 15 is 0 Å². The molecule has 0 fully saturated rings. The van der Waals surface area contributed by atoms with Crippen LogP contribution in [-0.4, -0.2) is 13.6 Å². The molecule has 13 heavy (non-hydrogen) atoms. The number of hydrogen-bond acceptors (Lipinski definition) is 1. The molecule has 0 bridgehead atoms. The van der Waals surface area contributed by atoms with E-state index in [1.165, 1.54) is 24.9 Å². The lowest BCUT2D eigenvalue weighted by Gasteiger charge is -2.17. The highest BCUT2D eigenvalue weighted by Gasteiger charge is 2.11. The maximum Gasteiger partial charge on any atom is 0.0366 e. The number of benzene rings is 1. The van der Waals surface area contributed by atoms with Gasteiger partial charge in [-0.05, 0) is 49.4 Å². The molecule has 0 N–H and O–H groups in total. The van der Waals surface area contributed by atoms with Gasteiger partial charge in [0.15, 0.2) is 0 Å². The largest absolute Gasteiger partial charge is 0.375 e. The van der Waals surface area contributed by atoms with Crippen molar-refractivity contribution in [2.75, 3.05) is 18.5 Å². The monoisotopic (exact) mass is 175 g/mol. The number of rotatable bonds is 2. The minimum Gasteiger partial charge on any atom is -0.375 e. The zero-order chi connectivity index (χ0) is 9.26. The summed E-state index contributed by atoms with van der Waals surface area (Å²) in [6, 6.07) is 6.89. The van der Waals surface area contributed by atoms with Gasteiger partial charge in [0.05, 0.1) is 0 Å². The Balaban J connectivity index is 2.30. The summed E-state index contributed by atoms with van der Waals surface area (Å²) in [4.78, 5) is 2.29. The van der Waals surface area contributed by atoms with Gasteiger partial charge in [-0.25, -0.2) is 0 Å². The molecule has 0 heterocycles. The lowest BCUT2D eigenvalue weighted by atomic mass is 10.1. The van der Waals surface area contributed by atoms with E-state index in [0.29, 0.717) is 0 Å². The van der Waals surface area contributed by atoms with Crippen molar-refractivity contribution >= 4 is 5.69 Å². The maximum atomic E-state index is 2.35. The van der Waals surface area contributed by atoms with E-state index in [1.54, 1.807) is 11.1 Å². The van der Waals surface area contributed by atoms with Crippen LogP contribution in [0.5, 0.6) is 0 Å². The predicted octanol–water partition coefficient (Wildman–Crippen LogP) is 2.63. The molecule has 70 valence electrons. The molecule has 1 aliphatic rings. The van der Waals surface area contributed by atoms with Crippen molar-refractivity contribution in [1.29, 1.82) is 0 Å². The molecular weight excluding hydrogens is 158 g/mol. The second kappa shape index (κ2) is 3.41. The predicted molar refractivity (Wildman–Crippen MR) is 57.4 cm³/mol. The van der Waals surface area contributed by atoms with E-state index in [4.69, 9.17) is 0 Å². The molecule has 1 nitrogen and oxygen atoms in total. The second-order valence-electron chi connectivity index (χ2n) is 3.82. The quantitative estimate of drug-likeness (QED) is 0.668. The Bertz CT molecular complexity index is 304. The average molecular weight is 175 g/mol. The van der Waals surface area contributed by atoms with Crippen molar-refractivity contribution < 1.29 is 0 Å². The Morgan fingerprint density at radius 1 is 1.23 bits per heavy atom. The Morgan fingerprint density at radius 3 is 2.77 bits per heavy atom. The fraction of sp³-hybridized carbons (Fsp3) is 0.500. The van der Waals surface area contributed by atoms with Crippen molar-refractivity contribution in [3.8, 4) is 0 Å². The minimum absolute atomic E-state index is 1.08. The van der Waals surface area contributed by atoms with Crippen LogP contribution in [0.1, 0.15) is 24.5 Å². The number of aryl methyl sites for hydroxylation is 2. The smallest absolute Gasteiger partial charge is 0.0366 e. The molecule has 0 radical (unpaired) electrons. The van der Waals surface area contributed by atoms with Crippen molar-refractivity contribution in [3.63, 3.8) is 0 Å². The molecule has 0 aromatic heterocycles. The van der Waals surface area contributed by atoms with Crippen LogP contribution >= 0.6 is 0 Å². The highest BCUT2D eigenvalue weighted by Crippen LogP contribution is 2.26. The van der Waals surface area contributed by atoms with Gasteiger partial charge < -0.3 is 4.90 Å². The first-order valence-electron chi connectivity index (χ1n) is 5.14. The summed E-state index contributed by atoms with van der Waals surface area (Å²) in [5, 5.41) is 0. The Morgan fingerprint density at radius 2 is 2.00 bits per heavy atom. The Labute approximate surface area is 80.4 Å². The van der Waals surface area contributed by atoms with Gasteiger partial charge in [-0.3, -0.25) is 0 Å². The third kappa shape index (κ3) is 1.55. The van der Waals surface area contributed by atoms with E-state index in [1.807, 2.05) is 0 Å². The summed E-state index contributed by atoms with van der Waals surface area (Å²) in [5.74, 6) is 0. The van der Waals surface area contributed by atoms with Gasteiger partial charge in [0.25, 0.3) is 0 Å². The molecule has 1 aromatic rings. The molecule has 0 atom stereocenters. The van der Waals surface area contributed by atoms with Crippen LogP contribution in [0.4, 0.5) is 5.69 Å². The van der Waals surface area contributed by atoms with Crippen LogP contribution in [0.3, 0.4) is 0 Å². The third-order valence-electron chi connectivity index (χ3n) is 3.00. The number of anilines is 1. The normalized spacial score (nSPS) is 14.3. The maximum absolute atomic E-state index is 2.35. The van der Waals surface area contributed by atoms with Crippen molar-refractivity contribution in [3.05, 3.63) is 29.3 Å².